The second-order valence-electron chi connectivity index (χ2n) is 6.26. The second-order valence-corrected chi connectivity index (χ2v) is 6.26. The van der Waals surface area contributed by atoms with E-state index in [0.29, 0.717) is 42.8 Å². The first kappa shape index (κ1) is 20.3. The quantitative estimate of drug-likeness (QED) is 0.569. The van der Waals surface area contributed by atoms with E-state index in [1.807, 2.05) is 6.92 Å². The maximum atomic E-state index is 12.2. The highest BCUT2D eigenvalue weighted by Gasteiger charge is 2.17. The summed E-state index contributed by atoms with van der Waals surface area (Å²) in [5.74, 6) is 0.990. The van der Waals surface area contributed by atoms with Crippen LogP contribution in [0, 0.1) is 0 Å². The van der Waals surface area contributed by atoms with E-state index < -0.39 is 18.0 Å². The lowest BCUT2D eigenvalue weighted by atomic mass is 10.2. The Hall–Kier alpha value is -3.48. The van der Waals surface area contributed by atoms with Crippen LogP contribution in [-0.4, -0.2) is 37.8 Å². The lowest BCUT2D eigenvalue weighted by Crippen LogP contribution is -2.29. The standard InChI is InChI=1S/C22H23NO6/c1-3-26-18-8-6-17(7-9-18)23-22(25)15(2)29-21(24)11-5-16-4-10-19-20(14-16)28-13-12-27-19/h4-11,14-15H,3,12-13H2,1-2H3,(H,23,25)/b11-5+/t15-/m1/s1. The van der Waals surface area contributed by atoms with Gasteiger partial charge in [0.05, 0.1) is 6.61 Å². The molecule has 0 radical (unpaired) electrons. The average Bonchev–Trinajstić information content (AvgIpc) is 2.73. The molecule has 1 atom stereocenters. The Balaban J connectivity index is 1.51. The number of hydrogen-bond acceptors (Lipinski definition) is 6. The molecule has 3 rings (SSSR count). The number of amides is 1. The summed E-state index contributed by atoms with van der Waals surface area (Å²) in [5.41, 5.74) is 1.35. The van der Waals surface area contributed by atoms with Crippen LogP contribution in [0.4, 0.5) is 5.69 Å². The van der Waals surface area contributed by atoms with Gasteiger partial charge in [-0.05, 0) is 61.9 Å². The van der Waals surface area contributed by atoms with Gasteiger partial charge in [-0.15, -0.1) is 0 Å². The molecule has 1 aliphatic rings. The molecule has 1 N–H and O–H groups in total. The summed E-state index contributed by atoms with van der Waals surface area (Å²) in [6.07, 6.45) is 1.92. The van der Waals surface area contributed by atoms with Gasteiger partial charge in [-0.1, -0.05) is 6.07 Å². The third-order valence-corrected chi connectivity index (χ3v) is 4.07. The highest BCUT2D eigenvalue weighted by Crippen LogP contribution is 2.31. The van der Waals surface area contributed by atoms with Gasteiger partial charge < -0.3 is 24.3 Å². The monoisotopic (exact) mass is 397 g/mol. The van der Waals surface area contributed by atoms with Gasteiger partial charge in [-0.2, -0.15) is 0 Å². The van der Waals surface area contributed by atoms with Crippen LogP contribution in [0.25, 0.3) is 6.08 Å². The largest absolute Gasteiger partial charge is 0.494 e. The molecule has 0 fully saturated rings. The molecule has 7 heteroatoms. The van der Waals surface area contributed by atoms with Crippen molar-refractivity contribution in [1.82, 2.24) is 0 Å². The fourth-order valence-electron chi connectivity index (χ4n) is 2.64. The van der Waals surface area contributed by atoms with Gasteiger partial charge in [0.2, 0.25) is 0 Å². The lowest BCUT2D eigenvalue weighted by molar-refractivity contribution is -0.148. The summed E-state index contributed by atoms with van der Waals surface area (Å²) in [6.45, 7) is 4.99. The molecule has 1 amide bonds. The topological polar surface area (TPSA) is 83.1 Å². The van der Waals surface area contributed by atoms with Gasteiger partial charge in [0.1, 0.15) is 19.0 Å². The van der Waals surface area contributed by atoms with Crippen LogP contribution in [-0.2, 0) is 14.3 Å². The van der Waals surface area contributed by atoms with Crippen molar-refractivity contribution in [1.29, 1.82) is 0 Å². The molecule has 2 aromatic carbocycles. The highest BCUT2D eigenvalue weighted by atomic mass is 16.6. The summed E-state index contributed by atoms with van der Waals surface area (Å²) in [4.78, 5) is 24.2. The van der Waals surface area contributed by atoms with Crippen molar-refractivity contribution in [2.75, 3.05) is 25.1 Å². The third-order valence-electron chi connectivity index (χ3n) is 4.07. The lowest BCUT2D eigenvalue weighted by Gasteiger charge is -2.18. The fraction of sp³-hybridized carbons (Fsp3) is 0.273. The summed E-state index contributed by atoms with van der Waals surface area (Å²) in [6, 6.07) is 12.3. The molecule has 0 aliphatic carbocycles. The Morgan fingerprint density at radius 2 is 1.83 bits per heavy atom. The third kappa shape index (κ3) is 5.75. The Morgan fingerprint density at radius 3 is 2.55 bits per heavy atom. The Kier molecular flexibility index (Phi) is 6.73. The van der Waals surface area contributed by atoms with E-state index in [1.54, 1.807) is 48.5 Å². The molecular formula is C22H23NO6. The minimum Gasteiger partial charge on any atom is -0.494 e. The number of ether oxygens (including phenoxy) is 4. The molecule has 0 unspecified atom stereocenters. The number of esters is 1. The summed E-state index contributed by atoms with van der Waals surface area (Å²) in [7, 11) is 0. The number of anilines is 1. The van der Waals surface area contributed by atoms with Crippen LogP contribution < -0.4 is 19.5 Å². The van der Waals surface area contributed by atoms with Gasteiger partial charge in [-0.3, -0.25) is 4.79 Å². The first-order valence-electron chi connectivity index (χ1n) is 9.37. The number of carbonyl (C=O) groups is 2. The van der Waals surface area contributed by atoms with Crippen molar-refractivity contribution in [3.05, 3.63) is 54.1 Å². The molecule has 0 saturated heterocycles. The predicted molar refractivity (Wildman–Crippen MR) is 108 cm³/mol. The molecule has 0 spiro atoms. The van der Waals surface area contributed by atoms with E-state index in [2.05, 4.69) is 5.32 Å². The van der Waals surface area contributed by atoms with Crippen molar-refractivity contribution in [3.8, 4) is 17.2 Å². The molecule has 0 bridgehead atoms. The molecule has 0 aromatic heterocycles. The van der Waals surface area contributed by atoms with Crippen molar-refractivity contribution in [3.63, 3.8) is 0 Å². The Bertz CT molecular complexity index is 891. The molecule has 152 valence electrons. The molecular weight excluding hydrogens is 374 g/mol. The van der Waals surface area contributed by atoms with Crippen molar-refractivity contribution in [2.45, 2.75) is 20.0 Å². The minimum atomic E-state index is -0.945. The van der Waals surface area contributed by atoms with Crippen LogP contribution in [0.2, 0.25) is 0 Å². The number of nitrogens with one attached hydrogen (secondary N) is 1. The smallest absolute Gasteiger partial charge is 0.331 e. The molecule has 1 heterocycles. The maximum absolute atomic E-state index is 12.2. The van der Waals surface area contributed by atoms with Crippen molar-refractivity contribution in [2.24, 2.45) is 0 Å². The van der Waals surface area contributed by atoms with Crippen molar-refractivity contribution < 1.29 is 28.5 Å². The van der Waals surface area contributed by atoms with E-state index in [-0.39, 0.29) is 0 Å². The normalized spacial score (nSPS) is 13.6. The van der Waals surface area contributed by atoms with Gasteiger partial charge in [0.15, 0.2) is 17.6 Å². The van der Waals surface area contributed by atoms with Crippen LogP contribution in [0.1, 0.15) is 19.4 Å². The Labute approximate surface area is 169 Å². The molecule has 0 saturated carbocycles. The van der Waals surface area contributed by atoms with Gasteiger partial charge >= 0.3 is 5.97 Å². The van der Waals surface area contributed by atoms with Crippen LogP contribution in [0.15, 0.2) is 48.5 Å². The second kappa shape index (κ2) is 9.64. The number of fused-ring (bicyclic) bond motifs is 1. The van der Waals surface area contributed by atoms with Gasteiger partial charge in [-0.25, -0.2) is 4.79 Å². The van der Waals surface area contributed by atoms with E-state index in [1.165, 1.54) is 13.0 Å². The fourth-order valence-corrected chi connectivity index (χ4v) is 2.64. The van der Waals surface area contributed by atoms with Gasteiger partial charge in [0.25, 0.3) is 5.91 Å². The highest BCUT2D eigenvalue weighted by molar-refractivity contribution is 5.96. The number of hydrogen-bond donors (Lipinski definition) is 1. The first-order valence-corrected chi connectivity index (χ1v) is 9.37. The van der Waals surface area contributed by atoms with E-state index in [0.717, 1.165) is 5.56 Å². The first-order chi connectivity index (χ1) is 14.0. The van der Waals surface area contributed by atoms with E-state index in [9.17, 15) is 9.59 Å². The van der Waals surface area contributed by atoms with Crippen molar-refractivity contribution >= 4 is 23.6 Å². The summed E-state index contributed by atoms with van der Waals surface area (Å²) in [5, 5.41) is 2.70. The zero-order valence-electron chi connectivity index (χ0n) is 16.3. The number of rotatable bonds is 7. The predicted octanol–water partition coefficient (Wildman–Crippen LogP) is 3.44. The maximum Gasteiger partial charge on any atom is 0.331 e. The zero-order chi connectivity index (χ0) is 20.6. The molecule has 2 aromatic rings. The van der Waals surface area contributed by atoms with E-state index in [4.69, 9.17) is 18.9 Å². The number of benzene rings is 2. The number of carbonyl (C=O) groups excluding carboxylic acids is 2. The van der Waals surface area contributed by atoms with E-state index >= 15 is 0 Å². The molecule has 1 aliphatic heterocycles. The molecule has 29 heavy (non-hydrogen) atoms. The summed E-state index contributed by atoms with van der Waals surface area (Å²) >= 11 is 0. The molecule has 7 nitrogen and oxygen atoms in total. The van der Waals surface area contributed by atoms with Crippen LogP contribution in [0.3, 0.4) is 0 Å². The SMILES string of the molecule is CCOc1ccc(NC(=O)[C@@H](C)OC(=O)/C=C/c2ccc3c(c2)OCCO3)cc1. The van der Waals surface area contributed by atoms with Gasteiger partial charge in [0, 0.05) is 11.8 Å². The van der Waals surface area contributed by atoms with Crippen LogP contribution >= 0.6 is 0 Å². The summed E-state index contributed by atoms with van der Waals surface area (Å²) < 4.78 is 21.5. The average molecular weight is 397 g/mol. The minimum absolute atomic E-state index is 0.421. The zero-order valence-corrected chi connectivity index (χ0v) is 16.3. The Morgan fingerprint density at radius 1 is 1.10 bits per heavy atom. The van der Waals surface area contributed by atoms with Crippen LogP contribution in [0.5, 0.6) is 17.2 Å².